The van der Waals surface area contributed by atoms with Crippen LogP contribution < -0.4 is 10.2 Å². The van der Waals surface area contributed by atoms with E-state index >= 15 is 0 Å². The molecule has 0 aliphatic carbocycles. The maximum Gasteiger partial charge on any atom is 0.255 e. The number of carbonyl (C=O) groups is 1. The van der Waals surface area contributed by atoms with E-state index in [-0.39, 0.29) is 5.91 Å². The second-order valence-electron chi connectivity index (χ2n) is 4.72. The highest BCUT2D eigenvalue weighted by molar-refractivity contribution is 9.10. The fourth-order valence-corrected chi connectivity index (χ4v) is 2.04. The Morgan fingerprint density at radius 2 is 2.00 bits per heavy atom. The van der Waals surface area contributed by atoms with Gasteiger partial charge in [-0.1, -0.05) is 22.0 Å². The third kappa shape index (κ3) is 3.36. The molecule has 4 nitrogen and oxygen atoms in total. The SMILES string of the molecule is Cc1ccc(C(=O)Nc2ccc(N(C)C)nc2)cc1Br. The van der Waals surface area contributed by atoms with Gasteiger partial charge in [0.25, 0.3) is 5.91 Å². The number of aromatic nitrogens is 1. The van der Waals surface area contributed by atoms with Gasteiger partial charge >= 0.3 is 0 Å². The molecule has 0 aliphatic rings. The minimum Gasteiger partial charge on any atom is -0.363 e. The van der Waals surface area contributed by atoms with E-state index in [9.17, 15) is 4.79 Å². The Morgan fingerprint density at radius 3 is 2.55 bits per heavy atom. The van der Waals surface area contributed by atoms with Gasteiger partial charge < -0.3 is 10.2 Å². The van der Waals surface area contributed by atoms with Crippen LogP contribution >= 0.6 is 15.9 Å². The molecule has 1 heterocycles. The number of amides is 1. The molecule has 2 aromatic rings. The third-order valence-electron chi connectivity index (χ3n) is 2.90. The van der Waals surface area contributed by atoms with Crippen LogP contribution in [0.3, 0.4) is 0 Å². The molecule has 0 saturated carbocycles. The lowest BCUT2D eigenvalue weighted by Crippen LogP contribution is -2.13. The zero-order valence-electron chi connectivity index (χ0n) is 11.6. The number of carbonyl (C=O) groups excluding carboxylic acids is 1. The van der Waals surface area contributed by atoms with Crippen LogP contribution in [0.1, 0.15) is 15.9 Å². The van der Waals surface area contributed by atoms with E-state index in [2.05, 4.69) is 26.2 Å². The summed E-state index contributed by atoms with van der Waals surface area (Å²) in [7, 11) is 3.84. The highest BCUT2D eigenvalue weighted by atomic mass is 79.9. The Bertz CT molecular complexity index is 624. The maximum absolute atomic E-state index is 12.1. The van der Waals surface area contributed by atoms with Gasteiger partial charge in [-0.2, -0.15) is 0 Å². The highest BCUT2D eigenvalue weighted by Crippen LogP contribution is 2.19. The van der Waals surface area contributed by atoms with Crippen molar-refractivity contribution in [1.82, 2.24) is 4.98 Å². The molecule has 0 saturated heterocycles. The monoisotopic (exact) mass is 333 g/mol. The molecular weight excluding hydrogens is 318 g/mol. The van der Waals surface area contributed by atoms with E-state index in [1.165, 1.54) is 0 Å². The van der Waals surface area contributed by atoms with Gasteiger partial charge in [0, 0.05) is 24.1 Å². The van der Waals surface area contributed by atoms with Crippen LogP contribution in [0.2, 0.25) is 0 Å². The zero-order valence-corrected chi connectivity index (χ0v) is 13.2. The highest BCUT2D eigenvalue weighted by Gasteiger charge is 2.08. The van der Waals surface area contributed by atoms with Crippen molar-refractivity contribution < 1.29 is 4.79 Å². The van der Waals surface area contributed by atoms with E-state index < -0.39 is 0 Å². The van der Waals surface area contributed by atoms with Crippen LogP contribution in [0.5, 0.6) is 0 Å². The first-order chi connectivity index (χ1) is 9.47. The van der Waals surface area contributed by atoms with E-state index in [1.807, 2.05) is 50.2 Å². The first-order valence-corrected chi connectivity index (χ1v) is 6.97. The number of hydrogen-bond donors (Lipinski definition) is 1. The lowest BCUT2D eigenvalue weighted by atomic mass is 10.1. The van der Waals surface area contributed by atoms with Crippen LogP contribution in [0, 0.1) is 6.92 Å². The molecule has 104 valence electrons. The molecule has 0 bridgehead atoms. The van der Waals surface area contributed by atoms with Crippen LogP contribution in [-0.4, -0.2) is 25.0 Å². The minimum atomic E-state index is -0.148. The summed E-state index contributed by atoms with van der Waals surface area (Å²) in [4.78, 5) is 18.3. The van der Waals surface area contributed by atoms with Crippen LogP contribution in [0.15, 0.2) is 41.0 Å². The molecule has 20 heavy (non-hydrogen) atoms. The van der Waals surface area contributed by atoms with Crippen molar-refractivity contribution in [3.8, 4) is 0 Å². The summed E-state index contributed by atoms with van der Waals surface area (Å²) in [5.74, 6) is 0.700. The van der Waals surface area contributed by atoms with Crippen molar-refractivity contribution >= 4 is 33.3 Å². The molecule has 1 amide bonds. The lowest BCUT2D eigenvalue weighted by molar-refractivity contribution is 0.102. The van der Waals surface area contributed by atoms with Crippen molar-refractivity contribution in [3.05, 3.63) is 52.1 Å². The summed E-state index contributed by atoms with van der Waals surface area (Å²) in [6, 6.07) is 9.22. The van der Waals surface area contributed by atoms with Gasteiger partial charge in [0.1, 0.15) is 5.82 Å². The lowest BCUT2D eigenvalue weighted by Gasteiger charge is -2.12. The normalized spacial score (nSPS) is 10.2. The summed E-state index contributed by atoms with van der Waals surface area (Å²) in [6.45, 7) is 1.98. The molecule has 0 spiro atoms. The fourth-order valence-electron chi connectivity index (χ4n) is 1.66. The van der Waals surface area contributed by atoms with Crippen LogP contribution in [0.25, 0.3) is 0 Å². The summed E-state index contributed by atoms with van der Waals surface area (Å²) < 4.78 is 0.922. The summed E-state index contributed by atoms with van der Waals surface area (Å²) >= 11 is 3.43. The van der Waals surface area contributed by atoms with Gasteiger partial charge in [0.05, 0.1) is 11.9 Å². The van der Waals surface area contributed by atoms with Gasteiger partial charge in [0.2, 0.25) is 0 Å². The first-order valence-electron chi connectivity index (χ1n) is 6.18. The van der Waals surface area contributed by atoms with E-state index in [0.29, 0.717) is 11.3 Å². The van der Waals surface area contributed by atoms with Crippen molar-refractivity contribution in [2.45, 2.75) is 6.92 Å². The quantitative estimate of drug-likeness (QED) is 0.935. The number of anilines is 2. The molecule has 1 N–H and O–H groups in total. The molecule has 0 radical (unpaired) electrons. The van der Waals surface area contributed by atoms with Gasteiger partial charge in [-0.3, -0.25) is 4.79 Å². The number of nitrogens with zero attached hydrogens (tertiary/aromatic N) is 2. The predicted octanol–water partition coefficient (Wildman–Crippen LogP) is 3.47. The average molecular weight is 334 g/mol. The van der Waals surface area contributed by atoms with E-state index in [1.54, 1.807) is 12.3 Å². The predicted molar refractivity (Wildman–Crippen MR) is 85.4 cm³/mol. The van der Waals surface area contributed by atoms with Crippen LogP contribution in [0.4, 0.5) is 11.5 Å². The number of benzene rings is 1. The molecule has 2 rings (SSSR count). The summed E-state index contributed by atoms with van der Waals surface area (Å²) in [5.41, 5.74) is 2.38. The molecule has 0 fully saturated rings. The number of rotatable bonds is 3. The van der Waals surface area contributed by atoms with Crippen LogP contribution in [-0.2, 0) is 0 Å². The zero-order chi connectivity index (χ0) is 14.7. The molecule has 5 heteroatoms. The Kier molecular flexibility index (Phi) is 4.39. The maximum atomic E-state index is 12.1. The smallest absolute Gasteiger partial charge is 0.255 e. The van der Waals surface area contributed by atoms with E-state index in [4.69, 9.17) is 0 Å². The molecule has 1 aromatic heterocycles. The molecule has 0 atom stereocenters. The van der Waals surface area contributed by atoms with Crippen molar-refractivity contribution in [2.75, 3.05) is 24.3 Å². The number of aryl methyl sites for hydroxylation is 1. The number of hydrogen-bond acceptors (Lipinski definition) is 3. The number of halogens is 1. The number of pyridine rings is 1. The van der Waals surface area contributed by atoms with Crippen molar-refractivity contribution in [2.24, 2.45) is 0 Å². The van der Waals surface area contributed by atoms with Gasteiger partial charge in [0.15, 0.2) is 0 Å². The average Bonchev–Trinajstić information content (AvgIpc) is 2.42. The fraction of sp³-hybridized carbons (Fsp3) is 0.200. The molecule has 0 aliphatic heterocycles. The Labute approximate surface area is 127 Å². The summed E-state index contributed by atoms with van der Waals surface area (Å²) in [5, 5.41) is 2.83. The van der Waals surface area contributed by atoms with Crippen molar-refractivity contribution in [3.63, 3.8) is 0 Å². The molecule has 0 unspecified atom stereocenters. The topological polar surface area (TPSA) is 45.2 Å². The molecular formula is C15H16BrN3O. The third-order valence-corrected chi connectivity index (χ3v) is 3.75. The summed E-state index contributed by atoms with van der Waals surface area (Å²) in [6.07, 6.45) is 1.65. The first kappa shape index (κ1) is 14.5. The second kappa shape index (κ2) is 6.05. The van der Waals surface area contributed by atoms with Gasteiger partial charge in [-0.15, -0.1) is 0 Å². The number of nitrogens with one attached hydrogen (secondary N) is 1. The Hall–Kier alpha value is -1.88. The second-order valence-corrected chi connectivity index (χ2v) is 5.57. The van der Waals surface area contributed by atoms with Gasteiger partial charge in [-0.05, 0) is 36.8 Å². The minimum absolute atomic E-state index is 0.148. The van der Waals surface area contributed by atoms with Crippen molar-refractivity contribution in [1.29, 1.82) is 0 Å². The Balaban J connectivity index is 2.12. The largest absolute Gasteiger partial charge is 0.363 e. The Morgan fingerprint density at radius 1 is 1.25 bits per heavy atom. The molecule has 1 aromatic carbocycles. The van der Waals surface area contributed by atoms with Gasteiger partial charge in [-0.25, -0.2) is 4.98 Å². The van der Waals surface area contributed by atoms with E-state index in [0.717, 1.165) is 15.9 Å². The standard InChI is InChI=1S/C15H16BrN3O/c1-10-4-5-11(8-13(10)16)15(20)18-12-6-7-14(17-9-12)19(2)3/h4-9H,1-3H3,(H,18,20).